The quantitative estimate of drug-likeness (QED) is 0.625. The number of amides is 1. The Morgan fingerprint density at radius 3 is 2.18 bits per heavy atom. The Hall–Kier alpha value is -2.94. The molecule has 2 aromatic rings. The number of hydrogen-bond donors (Lipinski definition) is 1. The van der Waals surface area contributed by atoms with Crippen molar-refractivity contribution in [2.45, 2.75) is 37.1 Å². The Bertz CT molecular complexity index is 831. The summed E-state index contributed by atoms with van der Waals surface area (Å²) in [5.74, 6) is -0.628. The van der Waals surface area contributed by atoms with Gasteiger partial charge in [-0.2, -0.15) is 13.2 Å². The second-order valence-electron chi connectivity index (χ2n) is 6.53. The summed E-state index contributed by atoms with van der Waals surface area (Å²) >= 11 is 0. The van der Waals surface area contributed by atoms with E-state index in [2.05, 4.69) is 5.43 Å². The molecule has 1 saturated heterocycles. The van der Waals surface area contributed by atoms with Gasteiger partial charge in [-0.05, 0) is 17.5 Å². The van der Waals surface area contributed by atoms with Crippen LogP contribution in [0.3, 0.4) is 0 Å². The van der Waals surface area contributed by atoms with Crippen molar-refractivity contribution in [2.24, 2.45) is 0 Å². The zero-order valence-electron chi connectivity index (χ0n) is 14.7. The summed E-state index contributed by atoms with van der Waals surface area (Å²) in [7, 11) is 0. The fraction of sp³-hybridized carbons (Fsp3) is 0.316. The van der Waals surface area contributed by atoms with E-state index in [1.807, 2.05) is 6.07 Å². The number of benzene rings is 2. The van der Waals surface area contributed by atoms with Crippen LogP contribution >= 0.6 is 0 Å². The molecule has 1 fully saturated rings. The molecular weight excluding hydrogens is 375 g/mol. The minimum atomic E-state index is -4.88. The highest BCUT2D eigenvalue weighted by Gasteiger charge is 2.62. The Labute approximate surface area is 159 Å². The smallest absolute Gasteiger partial charge is 0.273 e. The number of carbonyl (C=O) groups is 1. The van der Waals surface area contributed by atoms with Gasteiger partial charge in [-0.1, -0.05) is 60.7 Å². The normalized spacial score (nSPS) is 22.2. The highest BCUT2D eigenvalue weighted by molar-refractivity contribution is 5.77. The van der Waals surface area contributed by atoms with Gasteiger partial charge in [-0.15, -0.1) is 0 Å². The first-order chi connectivity index (χ1) is 13.3. The number of carbonyl (C=O) groups excluding carboxylic acids is 1. The summed E-state index contributed by atoms with van der Waals surface area (Å²) in [4.78, 5) is 23.3. The van der Waals surface area contributed by atoms with Gasteiger partial charge in [0, 0.05) is 11.3 Å². The summed E-state index contributed by atoms with van der Waals surface area (Å²) in [5, 5.41) is 12.3. The van der Waals surface area contributed by atoms with Crippen LogP contribution in [-0.4, -0.2) is 34.1 Å². The van der Waals surface area contributed by atoms with E-state index in [4.69, 9.17) is 0 Å². The van der Waals surface area contributed by atoms with Gasteiger partial charge in [0.1, 0.15) is 6.04 Å². The van der Waals surface area contributed by atoms with E-state index in [1.54, 1.807) is 42.5 Å². The predicted molar refractivity (Wildman–Crippen MR) is 94.6 cm³/mol. The molecule has 2 aromatic carbocycles. The van der Waals surface area contributed by atoms with E-state index in [-0.39, 0.29) is 12.0 Å². The number of rotatable bonds is 5. The lowest BCUT2D eigenvalue weighted by atomic mass is 9.95. The number of nitrogens with zero attached hydrogens (tertiary/aromatic N) is 2. The molecule has 28 heavy (non-hydrogen) atoms. The molecule has 0 unspecified atom stereocenters. The molecule has 1 aliphatic heterocycles. The molecular formula is C19H18F3N3O3. The Balaban J connectivity index is 1.90. The topological polar surface area (TPSA) is 75.5 Å². The molecule has 9 heteroatoms. The molecule has 3 atom stereocenters. The van der Waals surface area contributed by atoms with Crippen LogP contribution in [0.2, 0.25) is 0 Å². The Morgan fingerprint density at radius 1 is 1.07 bits per heavy atom. The second kappa shape index (κ2) is 7.97. The van der Waals surface area contributed by atoms with E-state index in [0.29, 0.717) is 6.42 Å². The van der Waals surface area contributed by atoms with Crippen LogP contribution in [0, 0.1) is 10.1 Å². The maximum atomic E-state index is 13.4. The van der Waals surface area contributed by atoms with Gasteiger partial charge in [-0.25, -0.2) is 5.43 Å². The van der Waals surface area contributed by atoms with E-state index in [1.165, 1.54) is 12.1 Å². The number of hydrazine groups is 1. The molecule has 148 valence electrons. The number of hydrogen-bond acceptors (Lipinski definition) is 4. The van der Waals surface area contributed by atoms with Gasteiger partial charge in [0.05, 0.1) is 0 Å². The standard InChI is InChI=1S/C19H18F3N3O3/c20-19(21,22)18-17(25(27)28)16(14-9-5-2-6-10-14)24(23-18)15(26)12-11-13-7-3-1-4-8-13/h1-10,16-18,23H,11-12H2/t16-,17+,18+/m0/s1. The van der Waals surface area contributed by atoms with Gasteiger partial charge < -0.3 is 0 Å². The first-order valence-corrected chi connectivity index (χ1v) is 8.66. The molecule has 1 N–H and O–H groups in total. The molecule has 6 nitrogen and oxygen atoms in total. The van der Waals surface area contributed by atoms with Crippen molar-refractivity contribution in [3.63, 3.8) is 0 Å². The lowest BCUT2D eigenvalue weighted by molar-refractivity contribution is -0.534. The SMILES string of the molecule is O=C(CCc1ccccc1)N1N[C@@H](C(F)(F)F)[C@H]([N+](=O)[O-])[C@@H]1c1ccccc1. The van der Waals surface area contributed by atoms with Crippen molar-refractivity contribution in [3.8, 4) is 0 Å². The van der Waals surface area contributed by atoms with Crippen molar-refractivity contribution in [1.82, 2.24) is 10.4 Å². The third-order valence-corrected chi connectivity index (χ3v) is 4.70. The van der Waals surface area contributed by atoms with Crippen LogP contribution < -0.4 is 5.43 Å². The zero-order chi connectivity index (χ0) is 20.3. The maximum Gasteiger partial charge on any atom is 0.412 e. The number of aryl methyl sites for hydroxylation is 1. The number of alkyl halides is 3. The molecule has 1 heterocycles. The van der Waals surface area contributed by atoms with E-state index >= 15 is 0 Å². The molecule has 0 aliphatic carbocycles. The van der Waals surface area contributed by atoms with Crippen LogP contribution in [0.1, 0.15) is 23.6 Å². The van der Waals surface area contributed by atoms with Crippen molar-refractivity contribution < 1.29 is 22.9 Å². The van der Waals surface area contributed by atoms with E-state index < -0.39 is 35.1 Å². The predicted octanol–water partition coefficient (Wildman–Crippen LogP) is 3.28. The number of nitro groups is 1. The minimum Gasteiger partial charge on any atom is -0.273 e. The van der Waals surface area contributed by atoms with Crippen molar-refractivity contribution in [3.05, 3.63) is 81.9 Å². The molecule has 0 aromatic heterocycles. The third-order valence-electron chi connectivity index (χ3n) is 4.70. The van der Waals surface area contributed by atoms with Crippen LogP contribution in [0.25, 0.3) is 0 Å². The summed E-state index contributed by atoms with van der Waals surface area (Å²) in [5.41, 5.74) is 3.19. The van der Waals surface area contributed by atoms with E-state index in [9.17, 15) is 28.1 Å². The van der Waals surface area contributed by atoms with Crippen LogP contribution in [-0.2, 0) is 11.2 Å². The van der Waals surface area contributed by atoms with Gasteiger partial charge in [-0.3, -0.25) is 19.9 Å². The number of nitrogens with one attached hydrogen (secondary N) is 1. The molecule has 0 saturated carbocycles. The molecule has 3 rings (SSSR count). The van der Waals surface area contributed by atoms with Crippen molar-refractivity contribution in [2.75, 3.05) is 0 Å². The number of halogens is 3. The minimum absolute atomic E-state index is 0.0740. The van der Waals surface area contributed by atoms with Gasteiger partial charge >= 0.3 is 6.18 Å². The van der Waals surface area contributed by atoms with Gasteiger partial charge in [0.2, 0.25) is 5.91 Å². The van der Waals surface area contributed by atoms with Crippen molar-refractivity contribution in [1.29, 1.82) is 0 Å². The second-order valence-corrected chi connectivity index (χ2v) is 6.53. The summed E-state index contributed by atoms with van der Waals surface area (Å²) in [6.07, 6.45) is -4.63. The van der Waals surface area contributed by atoms with Crippen LogP contribution in [0.4, 0.5) is 13.2 Å². The monoisotopic (exact) mass is 393 g/mol. The highest BCUT2D eigenvalue weighted by Crippen LogP contribution is 2.39. The van der Waals surface area contributed by atoms with E-state index in [0.717, 1.165) is 10.6 Å². The van der Waals surface area contributed by atoms with Crippen molar-refractivity contribution >= 4 is 5.91 Å². The summed E-state index contributed by atoms with van der Waals surface area (Å²) in [6.45, 7) is 0. The first-order valence-electron chi connectivity index (χ1n) is 8.66. The molecule has 0 bridgehead atoms. The summed E-state index contributed by atoms with van der Waals surface area (Å²) in [6, 6.07) is 10.9. The van der Waals surface area contributed by atoms with Crippen LogP contribution in [0.15, 0.2) is 60.7 Å². The largest absolute Gasteiger partial charge is 0.412 e. The first kappa shape index (κ1) is 19.8. The average molecular weight is 393 g/mol. The maximum absolute atomic E-state index is 13.4. The molecule has 1 aliphatic rings. The summed E-state index contributed by atoms with van der Waals surface area (Å²) < 4.78 is 40.3. The van der Waals surface area contributed by atoms with Gasteiger partial charge in [0.15, 0.2) is 6.04 Å². The molecule has 0 spiro atoms. The van der Waals surface area contributed by atoms with Gasteiger partial charge in [0.25, 0.3) is 6.04 Å². The Kier molecular flexibility index (Phi) is 5.64. The lowest BCUT2D eigenvalue weighted by Crippen LogP contribution is -2.49. The third kappa shape index (κ3) is 4.14. The fourth-order valence-electron chi connectivity index (χ4n) is 3.39. The fourth-order valence-corrected chi connectivity index (χ4v) is 3.39. The molecule has 0 radical (unpaired) electrons. The van der Waals surface area contributed by atoms with Crippen LogP contribution in [0.5, 0.6) is 0 Å². The Morgan fingerprint density at radius 2 is 1.64 bits per heavy atom. The average Bonchev–Trinajstić information content (AvgIpc) is 3.09. The lowest BCUT2D eigenvalue weighted by Gasteiger charge is -2.24. The highest BCUT2D eigenvalue weighted by atomic mass is 19.4. The molecule has 1 amide bonds. The zero-order valence-corrected chi connectivity index (χ0v) is 14.7.